The summed E-state index contributed by atoms with van der Waals surface area (Å²) in [7, 11) is 9.79. The van der Waals surface area contributed by atoms with Crippen molar-refractivity contribution < 1.29 is 58.8 Å². The zero-order chi connectivity index (χ0) is 106. The monoisotopic (exact) mass is 2460 g/mol. The van der Waals surface area contributed by atoms with Crippen molar-refractivity contribution in [3.05, 3.63) is 167 Å². The number of aliphatic hydroxyl groups is 1. The second-order valence-corrected chi connectivity index (χ2v) is 60.8. The topological polar surface area (TPSA) is 282 Å². The van der Waals surface area contributed by atoms with Crippen molar-refractivity contribution in [3.8, 4) is 34.3 Å². The Morgan fingerprint density at radius 2 is 0.823 bits per heavy atom. The van der Waals surface area contributed by atoms with Gasteiger partial charge in [-0.05, 0) is 224 Å². The number of pyridine rings is 2. The van der Waals surface area contributed by atoms with Crippen molar-refractivity contribution in [2.75, 3.05) is 76.8 Å². The minimum absolute atomic E-state index is 0. The second kappa shape index (κ2) is 55.1. The smallest absolute Gasteiger partial charge is 1.00 e. The average molecular weight is 2470 g/mol. The maximum atomic E-state index is 9.52. The van der Waals surface area contributed by atoms with Crippen molar-refractivity contribution >= 4 is 223 Å². The Hall–Kier alpha value is -4.85. The number of likely N-dealkylation sites (N-methyl/N-ethyl adjacent to an activating group) is 1. The van der Waals surface area contributed by atoms with Crippen LogP contribution in [-0.2, 0) is 41.5 Å². The first-order valence-corrected chi connectivity index (χ1v) is 62.2. The molecule has 0 radical (unpaired) electrons. The van der Waals surface area contributed by atoms with Gasteiger partial charge in [-0.1, -0.05) is 217 Å². The van der Waals surface area contributed by atoms with Gasteiger partial charge in [-0.3, -0.25) is 0 Å². The molecule has 0 saturated carbocycles. The molecular formula is C101H149Br6Cl4N20NaO6Si3. The van der Waals surface area contributed by atoms with E-state index in [1.165, 1.54) is 27.8 Å². The Morgan fingerprint density at radius 1 is 0.468 bits per heavy atom. The summed E-state index contributed by atoms with van der Waals surface area (Å²) in [6.45, 7) is 68.6. The van der Waals surface area contributed by atoms with Crippen molar-refractivity contribution in [2.45, 2.75) is 269 Å². The number of ether oxygens (including phenoxy) is 2. The number of aryl methyl sites for hydroxylation is 7. The Bertz CT molecular complexity index is 6290. The Morgan fingerprint density at radius 3 is 1.20 bits per heavy atom. The molecule has 0 saturated heterocycles. The molecular weight excluding hydrogens is 2320 g/mol. The summed E-state index contributed by atoms with van der Waals surface area (Å²) in [6, 6.07) is 8.11. The summed E-state index contributed by atoms with van der Waals surface area (Å²) in [6.07, 6.45) is 14.8. The first-order chi connectivity index (χ1) is 64.9. The molecule has 4 atom stereocenters. The van der Waals surface area contributed by atoms with E-state index in [9.17, 15) is 5.11 Å². The van der Waals surface area contributed by atoms with E-state index in [0.717, 1.165) is 138 Å². The second-order valence-electron chi connectivity index (χ2n) is 40.6. The maximum absolute atomic E-state index is 9.52. The third-order valence-electron chi connectivity index (χ3n) is 25.8. The Kier molecular flexibility index (Phi) is 49.5. The number of nitrogens with zero attached hydrogens (tertiary/aromatic N) is 19. The van der Waals surface area contributed by atoms with Gasteiger partial charge in [-0.25, -0.2) is 69.8 Å². The first kappa shape index (κ1) is 127. The van der Waals surface area contributed by atoms with Gasteiger partial charge in [0.25, 0.3) is 0 Å². The minimum atomic E-state index is -1.81. The molecule has 12 rings (SSSR count). The number of fused-ring (bicyclic) bond motifs is 4. The van der Waals surface area contributed by atoms with Gasteiger partial charge in [0.05, 0.1) is 60.4 Å². The van der Waals surface area contributed by atoms with Gasteiger partial charge in [0.1, 0.15) is 45.1 Å². The van der Waals surface area contributed by atoms with Crippen LogP contribution in [-0.4, -0.2) is 185 Å². The standard InChI is InChI=1S/C26H40N4O2Si.C20H26N4O2.C17H28ClN3OSi.C11H14Br2ClN3.C11H13BrClN3.C11H23BrOSi.C5H4Br2ClN3.Na.H/c1-16(2)21-13-12-19(25(28-21)31-9)22-18(4)27-23-20(14-30(8)24(23)29-22)17(3)15-32-33(10,11)26(5,6)7;1-11(2)16-8-7-14(20(22-16)26-6)17-13(4)21-18-15(12(3)10-25)9-24(5)19(18)23-17;1-11(10-22-23(7,8)17(3,4)5)13-9-21(6)16-14(13)19-12(2)15(18)20-16;1-4-7(2)5-6-17(3)11-9(13)15-8(12)10(14)16-11;1-4-6(2)7-5-16(3)11-8(7)14-9(12)10(13)15-11;1-10(7-8-12)9-13-14(5,6)11(2,3)4;1-9-5-3(7)10-2(6)4(8)11-5;;/h12-14,16-17H,15H2,1-11H3;7-9,11-12,25H,10H2,1-6H3;9,11H,10H2,1-8H3;5H,4,6H2,1-3H3;5-6H,4H2,1-3H3;7H,8-9H2,1-6H3;1H3,(H,9,11);;/q;;;;;;;+1;-1/b;;;7-5+;;10-7+;;;. The van der Waals surface area contributed by atoms with Crippen LogP contribution in [0.3, 0.4) is 0 Å². The summed E-state index contributed by atoms with van der Waals surface area (Å²) in [5.74, 6) is 4.14. The predicted octanol–water partition coefficient (Wildman–Crippen LogP) is 27.7. The molecule has 772 valence electrons. The number of hydrogen-bond acceptors (Lipinski definition) is 22. The maximum Gasteiger partial charge on any atom is 1.00 e. The van der Waals surface area contributed by atoms with Gasteiger partial charge in [0.15, 0.2) is 79.8 Å². The third-order valence-corrected chi connectivity index (χ3v) is 44.2. The Labute approximate surface area is 935 Å². The van der Waals surface area contributed by atoms with Crippen molar-refractivity contribution in [2.24, 2.45) is 28.2 Å². The normalized spacial score (nSPS) is 13.1. The van der Waals surface area contributed by atoms with Gasteiger partial charge in [0, 0.05) is 150 Å². The number of allylic oxidation sites excluding steroid dienone is 2. The van der Waals surface area contributed by atoms with Crippen LogP contribution < -0.4 is 49.2 Å². The molecule has 141 heavy (non-hydrogen) atoms. The van der Waals surface area contributed by atoms with Gasteiger partial charge in [-0.15, -0.1) is 0 Å². The number of alkyl halides is 1. The average Bonchev–Trinajstić information content (AvgIpc) is 1.62. The summed E-state index contributed by atoms with van der Waals surface area (Å²) in [5.41, 5.74) is 21.9. The molecule has 0 spiro atoms. The molecule has 12 aromatic rings. The van der Waals surface area contributed by atoms with Crippen LogP contribution in [0, 0.1) is 20.8 Å². The van der Waals surface area contributed by atoms with E-state index in [0.29, 0.717) is 97.2 Å². The molecule has 0 fully saturated rings. The zero-order valence-electron chi connectivity index (χ0n) is 91.2. The molecule has 0 bridgehead atoms. The zero-order valence-corrected chi connectivity index (χ0v) is 108. The fourth-order valence-electron chi connectivity index (χ4n) is 13.1. The molecule has 40 heteroatoms. The molecule has 4 unspecified atom stereocenters. The van der Waals surface area contributed by atoms with Gasteiger partial charge in [0.2, 0.25) is 11.8 Å². The number of halogens is 10. The van der Waals surface area contributed by atoms with Crippen molar-refractivity contribution in [3.63, 3.8) is 0 Å². The largest absolute Gasteiger partial charge is 1.00 e. The first-order valence-electron chi connectivity index (χ1n) is 46.9. The van der Waals surface area contributed by atoms with Crippen molar-refractivity contribution in [1.29, 1.82) is 0 Å². The molecule has 0 amide bonds. The SMILES string of the molecule is C/C(=C\CBr)CO[Si](C)(C)C(C)(C)C.CC/C(C)=C/CN(C)c1nc(Cl)c(Br)nc1Br.CCC(C)c1cn(C)c2nc(Cl)c(Br)nc12.CNc1nc(Cl)c(Br)nc1Br.COc1nc(C(C)C)ccc1-c1nc2c(nc1C)c(C(C)CO)cn2C.COc1nc(C(C)C)ccc1-c1nc2c(nc1C)c(C(C)CO[Si](C)(C)C(C)(C)C)cn2C.Cc1nc2c(C(C)CO[Si](C)(C)C(C)(C)C)cn(C)c2nc1Cl.[H-].[Na+]. The van der Waals surface area contributed by atoms with Crippen LogP contribution in [0.5, 0.6) is 11.8 Å². The quantitative estimate of drug-likeness (QED) is 0.0275. The van der Waals surface area contributed by atoms with E-state index >= 15 is 0 Å². The molecule has 0 aliphatic heterocycles. The summed E-state index contributed by atoms with van der Waals surface area (Å²) in [5, 5.41) is 15.6. The van der Waals surface area contributed by atoms with Crippen LogP contribution >= 0.6 is 142 Å². The van der Waals surface area contributed by atoms with Crippen LogP contribution in [0.2, 0.25) is 75.0 Å². The van der Waals surface area contributed by atoms with E-state index < -0.39 is 25.0 Å². The third kappa shape index (κ3) is 33.8. The van der Waals surface area contributed by atoms with E-state index in [1.54, 1.807) is 21.3 Å². The minimum Gasteiger partial charge on any atom is -1.00 e. The van der Waals surface area contributed by atoms with Crippen molar-refractivity contribution in [1.82, 2.24) is 88.0 Å². The number of aliphatic hydroxyl groups excluding tert-OH is 1. The molecule has 26 nitrogen and oxygen atoms in total. The van der Waals surface area contributed by atoms with Gasteiger partial charge in [-0.2, -0.15) is 0 Å². The summed E-state index contributed by atoms with van der Waals surface area (Å²) < 4.78 is 41.1. The molecule has 12 aromatic heterocycles. The molecule has 0 aliphatic carbocycles. The number of methoxy groups -OCH3 is 2. The molecule has 2 N–H and O–H groups in total. The number of rotatable bonds is 27. The summed E-state index contributed by atoms with van der Waals surface area (Å²) >= 11 is 43.4. The Balaban J connectivity index is 0.000000354. The van der Waals surface area contributed by atoms with Crippen LogP contribution in [0.15, 0.2) is 95.4 Å². The van der Waals surface area contributed by atoms with E-state index in [-0.39, 0.29) is 65.4 Å². The molecule has 12 heterocycles. The fourth-order valence-corrected chi connectivity index (χ4v) is 19.7. The fraction of sp³-hybridized carbons (Fsp3) is 0.545. The van der Waals surface area contributed by atoms with E-state index in [4.69, 9.17) is 94.1 Å². The van der Waals surface area contributed by atoms with Crippen LogP contribution in [0.1, 0.15) is 246 Å². The number of hydrogen-bond donors (Lipinski definition) is 2. The number of nitrogens with one attached hydrogen (secondary N) is 1. The van der Waals surface area contributed by atoms with Crippen LogP contribution in [0.4, 0.5) is 11.6 Å². The molecule has 0 aliphatic rings. The van der Waals surface area contributed by atoms with E-state index in [1.807, 2.05) is 112 Å². The van der Waals surface area contributed by atoms with Gasteiger partial charge >= 0.3 is 29.6 Å². The molecule has 0 aromatic carbocycles. The number of aromatic nitrogens is 18. The summed E-state index contributed by atoms with van der Waals surface area (Å²) in [4.78, 5) is 65.4. The van der Waals surface area contributed by atoms with Gasteiger partial charge < -0.3 is 57.8 Å². The number of anilines is 2. The van der Waals surface area contributed by atoms with Crippen LogP contribution in [0.25, 0.3) is 67.2 Å². The van der Waals surface area contributed by atoms with E-state index in [2.05, 4.69) is 359 Å². The predicted molar refractivity (Wildman–Crippen MR) is 615 cm³/mol.